The van der Waals surface area contributed by atoms with Crippen LogP contribution >= 0.6 is 0 Å². The lowest BCUT2D eigenvalue weighted by atomic mass is 9.94. The monoisotopic (exact) mass is 333 g/mol. The molecule has 1 aromatic heterocycles. The predicted octanol–water partition coefficient (Wildman–Crippen LogP) is 2.67. The van der Waals surface area contributed by atoms with Gasteiger partial charge < -0.3 is 14.8 Å². The fourth-order valence-electron chi connectivity index (χ4n) is 2.92. The second kappa shape index (κ2) is 7.01. The lowest BCUT2D eigenvalue weighted by Crippen LogP contribution is -2.08. The Balaban J connectivity index is 2.06. The quantitative estimate of drug-likeness (QED) is 0.728. The van der Waals surface area contributed by atoms with Crippen molar-refractivity contribution in [2.75, 3.05) is 19.5 Å². The van der Waals surface area contributed by atoms with Crippen molar-refractivity contribution in [3.05, 3.63) is 47.3 Å². The fraction of sp³-hybridized carbons (Fsp3) is 0.263. The van der Waals surface area contributed by atoms with Gasteiger partial charge in [0.05, 0.1) is 19.7 Å². The lowest BCUT2D eigenvalue weighted by molar-refractivity contribution is 0.354. The first-order valence-corrected chi connectivity index (χ1v) is 8.01. The van der Waals surface area contributed by atoms with Crippen LogP contribution in [0.4, 0.5) is 5.82 Å². The van der Waals surface area contributed by atoms with Crippen molar-refractivity contribution < 1.29 is 9.47 Å². The van der Waals surface area contributed by atoms with Crippen LogP contribution in [0.15, 0.2) is 30.3 Å². The van der Waals surface area contributed by atoms with Crippen LogP contribution in [0.3, 0.4) is 0 Å². The third kappa shape index (κ3) is 3.38. The van der Waals surface area contributed by atoms with Crippen LogP contribution < -0.4 is 20.3 Å². The van der Waals surface area contributed by atoms with E-state index in [1.54, 1.807) is 14.2 Å². The molecule has 2 radical (unpaired) electrons. The first kappa shape index (κ1) is 17.1. The predicted molar refractivity (Wildman–Crippen MR) is 101 cm³/mol. The van der Waals surface area contributed by atoms with E-state index in [4.69, 9.17) is 17.3 Å². The van der Waals surface area contributed by atoms with Gasteiger partial charge in [0.15, 0.2) is 11.5 Å². The van der Waals surface area contributed by atoms with Crippen molar-refractivity contribution in [2.45, 2.75) is 20.4 Å². The van der Waals surface area contributed by atoms with Gasteiger partial charge in [-0.3, -0.25) is 0 Å². The number of aromatic nitrogens is 2. The maximum Gasteiger partial charge on any atom is 0.165 e. The molecule has 6 heteroatoms. The molecular weight excluding hydrogens is 313 g/mol. The lowest BCUT2D eigenvalue weighted by Gasteiger charge is -2.16. The molecule has 0 saturated heterocycles. The minimum absolute atomic E-state index is 0.615. The molecule has 1 heterocycles. The van der Waals surface area contributed by atoms with Crippen LogP contribution in [-0.4, -0.2) is 32.0 Å². The van der Waals surface area contributed by atoms with Gasteiger partial charge in [0.2, 0.25) is 0 Å². The van der Waals surface area contributed by atoms with E-state index in [1.165, 1.54) is 0 Å². The molecule has 3 aromatic rings. The smallest absolute Gasteiger partial charge is 0.165 e. The normalized spacial score (nSPS) is 10.7. The maximum atomic E-state index is 5.85. The van der Waals surface area contributed by atoms with Gasteiger partial charge in [0, 0.05) is 17.5 Å². The Hall–Kier alpha value is -2.76. The summed E-state index contributed by atoms with van der Waals surface area (Å²) in [5.41, 5.74) is 3.60. The number of fused-ring (bicyclic) bond motifs is 1. The van der Waals surface area contributed by atoms with Gasteiger partial charge in [-0.2, -0.15) is 0 Å². The van der Waals surface area contributed by atoms with Crippen molar-refractivity contribution in [1.82, 2.24) is 9.97 Å². The summed E-state index contributed by atoms with van der Waals surface area (Å²) in [6, 6.07) is 9.68. The van der Waals surface area contributed by atoms with Gasteiger partial charge in [-0.25, -0.2) is 9.97 Å². The molecule has 0 unspecified atom stereocenters. The zero-order chi connectivity index (χ0) is 18.0. The number of benzene rings is 2. The van der Waals surface area contributed by atoms with Crippen molar-refractivity contribution in [1.29, 1.82) is 0 Å². The number of ether oxygens (including phenoxy) is 2. The van der Waals surface area contributed by atoms with E-state index in [1.807, 2.05) is 44.2 Å². The third-order valence-corrected chi connectivity index (χ3v) is 4.09. The van der Waals surface area contributed by atoms with E-state index in [0.717, 1.165) is 33.3 Å². The SMILES string of the molecule is [B]c1cccc(CNc2nc(C)nc3c(C)c(OC)c(OC)cc23)c1. The van der Waals surface area contributed by atoms with Crippen molar-refractivity contribution in [2.24, 2.45) is 0 Å². The zero-order valence-electron chi connectivity index (χ0n) is 14.9. The molecule has 1 N–H and O–H groups in total. The Labute approximate surface area is 148 Å². The standard InChI is InChI=1S/C19H20BN3O2/c1-11-17-15(9-16(24-3)18(11)25-4)19(23-12(2)22-17)21-10-13-6-5-7-14(20)8-13/h5-9H,10H2,1-4H3,(H,21,22,23). The highest BCUT2D eigenvalue weighted by Gasteiger charge is 2.16. The molecule has 0 aliphatic heterocycles. The second-order valence-electron chi connectivity index (χ2n) is 5.85. The largest absolute Gasteiger partial charge is 0.493 e. The van der Waals surface area contributed by atoms with Crippen LogP contribution in [0, 0.1) is 13.8 Å². The van der Waals surface area contributed by atoms with Gasteiger partial charge in [-0.15, -0.1) is 0 Å². The summed E-state index contributed by atoms with van der Waals surface area (Å²) in [7, 11) is 9.10. The summed E-state index contributed by atoms with van der Waals surface area (Å²) in [4.78, 5) is 9.14. The molecular formula is C19H20BN3O2. The molecule has 0 amide bonds. The fourth-order valence-corrected chi connectivity index (χ4v) is 2.92. The van der Waals surface area contributed by atoms with Crippen LogP contribution in [0.5, 0.6) is 11.5 Å². The van der Waals surface area contributed by atoms with E-state index >= 15 is 0 Å². The number of methoxy groups -OCH3 is 2. The number of hydrogen-bond donors (Lipinski definition) is 1. The highest BCUT2D eigenvalue weighted by atomic mass is 16.5. The highest BCUT2D eigenvalue weighted by Crippen LogP contribution is 2.38. The Morgan fingerprint density at radius 2 is 1.88 bits per heavy atom. The molecule has 0 spiro atoms. The molecule has 3 rings (SSSR count). The van der Waals surface area contributed by atoms with Crippen LogP contribution in [0.25, 0.3) is 10.9 Å². The Morgan fingerprint density at radius 3 is 2.56 bits per heavy atom. The van der Waals surface area contributed by atoms with Gasteiger partial charge in [0.1, 0.15) is 19.5 Å². The average Bonchev–Trinajstić information content (AvgIpc) is 2.60. The summed E-state index contributed by atoms with van der Waals surface area (Å²) in [5.74, 6) is 2.80. The van der Waals surface area contributed by atoms with E-state index in [2.05, 4.69) is 15.3 Å². The summed E-state index contributed by atoms with van der Waals surface area (Å²) < 4.78 is 10.9. The van der Waals surface area contributed by atoms with Crippen LogP contribution in [0.1, 0.15) is 17.0 Å². The summed E-state index contributed by atoms with van der Waals surface area (Å²) in [6.45, 7) is 4.46. The molecule has 0 bridgehead atoms. The van der Waals surface area contributed by atoms with Gasteiger partial charge in [-0.05, 0) is 25.5 Å². The molecule has 0 aliphatic rings. The molecule has 0 atom stereocenters. The summed E-state index contributed by atoms with van der Waals surface area (Å²) >= 11 is 0. The zero-order valence-corrected chi connectivity index (χ0v) is 14.9. The first-order valence-electron chi connectivity index (χ1n) is 8.01. The number of hydrogen-bond acceptors (Lipinski definition) is 5. The number of aryl methyl sites for hydroxylation is 2. The molecule has 5 nitrogen and oxygen atoms in total. The van der Waals surface area contributed by atoms with Crippen LogP contribution in [0.2, 0.25) is 0 Å². The molecule has 0 aliphatic carbocycles. The van der Waals surface area contributed by atoms with Crippen molar-refractivity contribution >= 4 is 30.0 Å². The number of nitrogens with one attached hydrogen (secondary N) is 1. The minimum atomic E-state index is 0.615. The van der Waals surface area contributed by atoms with Gasteiger partial charge >= 0.3 is 0 Å². The number of anilines is 1. The Bertz CT molecular complexity index is 928. The first-order chi connectivity index (χ1) is 12.0. The molecule has 2 aromatic carbocycles. The van der Waals surface area contributed by atoms with Gasteiger partial charge in [0.25, 0.3) is 0 Å². The van der Waals surface area contributed by atoms with E-state index in [9.17, 15) is 0 Å². The van der Waals surface area contributed by atoms with E-state index in [0.29, 0.717) is 23.9 Å². The topological polar surface area (TPSA) is 56.3 Å². The number of rotatable bonds is 5. The average molecular weight is 333 g/mol. The number of nitrogens with zero attached hydrogens (tertiary/aromatic N) is 2. The molecule has 126 valence electrons. The molecule has 25 heavy (non-hydrogen) atoms. The molecule has 0 fully saturated rings. The van der Waals surface area contributed by atoms with Gasteiger partial charge in [-0.1, -0.05) is 29.7 Å². The summed E-state index contributed by atoms with van der Waals surface area (Å²) in [6.07, 6.45) is 0. The van der Waals surface area contributed by atoms with Crippen molar-refractivity contribution in [3.8, 4) is 11.5 Å². The highest BCUT2D eigenvalue weighted by molar-refractivity contribution is 6.32. The van der Waals surface area contributed by atoms with Crippen LogP contribution in [-0.2, 0) is 6.54 Å². The third-order valence-electron chi connectivity index (χ3n) is 4.09. The summed E-state index contributed by atoms with van der Waals surface area (Å²) in [5, 5.41) is 4.28. The maximum absolute atomic E-state index is 5.85. The second-order valence-corrected chi connectivity index (χ2v) is 5.85. The van der Waals surface area contributed by atoms with Crippen molar-refractivity contribution in [3.63, 3.8) is 0 Å². The minimum Gasteiger partial charge on any atom is -0.493 e. The Kier molecular flexibility index (Phi) is 4.79. The van der Waals surface area contributed by atoms with E-state index in [-0.39, 0.29) is 0 Å². The molecule has 0 saturated carbocycles. The Morgan fingerprint density at radius 1 is 1.08 bits per heavy atom. The van der Waals surface area contributed by atoms with E-state index < -0.39 is 0 Å².